The van der Waals surface area contributed by atoms with Crippen molar-refractivity contribution in [3.63, 3.8) is 0 Å². The molecule has 0 aromatic heterocycles. The van der Waals surface area contributed by atoms with E-state index < -0.39 is 22.4 Å². The first-order valence-corrected chi connectivity index (χ1v) is 7.04. The monoisotopic (exact) mass is 368 g/mol. The Morgan fingerprint density at radius 3 is 0.917 bits per heavy atom. The minimum atomic E-state index is -1.06. The van der Waals surface area contributed by atoms with Gasteiger partial charge in [0.2, 0.25) is 0 Å². The second kappa shape index (κ2) is 8.81. The zero-order valence-electron chi connectivity index (χ0n) is 11.9. The Hall–Kier alpha value is -2.70. The highest BCUT2D eigenvalue weighted by Gasteiger charge is 2.05. The average molecular weight is 369 g/mol. The Morgan fingerprint density at radius 1 is 0.542 bits per heavy atom. The standard InChI is InChI=1S/C8H4Cl2O2.C8H6O4/c9-7(11)5-1-2-6(4-3-5)8(10)12;9-7(10)5-1-2-6(4-3-5)8(11)12/h1-4H;1-4H,(H,9,10)(H,11,12). The van der Waals surface area contributed by atoms with E-state index in [2.05, 4.69) is 0 Å². The van der Waals surface area contributed by atoms with Gasteiger partial charge < -0.3 is 10.2 Å². The second-order valence-corrected chi connectivity index (χ2v) is 5.00. The number of hydrogen-bond acceptors (Lipinski definition) is 4. The van der Waals surface area contributed by atoms with Crippen molar-refractivity contribution in [2.45, 2.75) is 0 Å². The summed E-state index contributed by atoms with van der Waals surface area (Å²) >= 11 is 10.4. The summed E-state index contributed by atoms with van der Waals surface area (Å²) in [4.78, 5) is 41.8. The summed E-state index contributed by atoms with van der Waals surface area (Å²) < 4.78 is 0. The van der Waals surface area contributed by atoms with Crippen LogP contribution in [0, 0.1) is 0 Å². The van der Waals surface area contributed by atoms with Gasteiger partial charge in [0.1, 0.15) is 0 Å². The summed E-state index contributed by atoms with van der Waals surface area (Å²) in [6.45, 7) is 0. The topological polar surface area (TPSA) is 109 Å². The molecule has 2 aromatic carbocycles. The maximum atomic E-state index is 10.6. The van der Waals surface area contributed by atoms with Crippen LogP contribution in [0.5, 0.6) is 0 Å². The highest BCUT2D eigenvalue weighted by molar-refractivity contribution is 6.68. The highest BCUT2D eigenvalue weighted by atomic mass is 35.5. The lowest BCUT2D eigenvalue weighted by molar-refractivity contribution is 0.0681. The number of benzene rings is 2. The van der Waals surface area contributed by atoms with Gasteiger partial charge in [0, 0.05) is 11.1 Å². The number of hydrogen-bond donors (Lipinski definition) is 2. The average Bonchev–Trinajstić information content (AvgIpc) is 2.55. The molecule has 0 spiro atoms. The maximum Gasteiger partial charge on any atom is 0.335 e. The van der Waals surface area contributed by atoms with Crippen molar-refractivity contribution in [3.05, 3.63) is 70.8 Å². The van der Waals surface area contributed by atoms with Gasteiger partial charge in [-0.3, -0.25) is 9.59 Å². The van der Waals surface area contributed by atoms with Crippen LogP contribution in [0.4, 0.5) is 0 Å². The Bertz CT molecular complexity index is 633. The third-order valence-electron chi connectivity index (χ3n) is 2.72. The molecule has 2 aromatic rings. The SMILES string of the molecule is O=C(Cl)c1ccc(C(=O)Cl)cc1.O=C(O)c1ccc(C(=O)O)cc1. The summed E-state index contributed by atoms with van der Waals surface area (Å²) in [5.41, 5.74) is 0.858. The molecule has 0 saturated heterocycles. The zero-order valence-corrected chi connectivity index (χ0v) is 13.4. The van der Waals surface area contributed by atoms with Gasteiger partial charge in [-0.1, -0.05) is 0 Å². The predicted molar refractivity (Wildman–Crippen MR) is 87.2 cm³/mol. The molecule has 0 heterocycles. The van der Waals surface area contributed by atoms with E-state index in [9.17, 15) is 19.2 Å². The van der Waals surface area contributed by atoms with E-state index in [1.54, 1.807) is 0 Å². The summed E-state index contributed by atoms with van der Waals surface area (Å²) in [6.07, 6.45) is 0. The molecule has 0 fully saturated rings. The van der Waals surface area contributed by atoms with Crippen LogP contribution >= 0.6 is 23.2 Å². The van der Waals surface area contributed by atoms with Crippen LogP contribution in [0.2, 0.25) is 0 Å². The molecule has 0 aliphatic carbocycles. The van der Waals surface area contributed by atoms with Crippen LogP contribution in [0.15, 0.2) is 48.5 Å². The van der Waals surface area contributed by atoms with Crippen LogP contribution in [0.3, 0.4) is 0 Å². The molecule has 124 valence electrons. The molecule has 2 rings (SSSR count). The van der Waals surface area contributed by atoms with E-state index in [0.29, 0.717) is 11.1 Å². The van der Waals surface area contributed by atoms with E-state index in [4.69, 9.17) is 33.4 Å². The summed E-state index contributed by atoms with van der Waals surface area (Å²) in [5, 5.41) is 15.8. The third kappa shape index (κ3) is 5.83. The van der Waals surface area contributed by atoms with Gasteiger partial charge in [-0.25, -0.2) is 9.59 Å². The molecular formula is C16H10Cl2O6. The molecular weight excluding hydrogens is 359 g/mol. The Morgan fingerprint density at radius 2 is 0.750 bits per heavy atom. The van der Waals surface area contributed by atoms with E-state index in [0.717, 1.165) is 0 Å². The van der Waals surface area contributed by atoms with Crippen molar-refractivity contribution in [3.8, 4) is 0 Å². The van der Waals surface area contributed by atoms with Crippen LogP contribution in [0.1, 0.15) is 41.4 Å². The van der Waals surface area contributed by atoms with E-state index >= 15 is 0 Å². The fourth-order valence-corrected chi connectivity index (χ4v) is 1.74. The van der Waals surface area contributed by atoms with Crippen molar-refractivity contribution in [2.75, 3.05) is 0 Å². The van der Waals surface area contributed by atoms with Crippen LogP contribution in [-0.4, -0.2) is 32.6 Å². The fourth-order valence-electron chi connectivity index (χ4n) is 1.49. The van der Waals surface area contributed by atoms with E-state index in [1.807, 2.05) is 0 Å². The number of carboxylic acids is 2. The van der Waals surface area contributed by atoms with Crippen molar-refractivity contribution >= 4 is 45.6 Å². The molecule has 6 nitrogen and oxygen atoms in total. The van der Waals surface area contributed by atoms with Crippen molar-refractivity contribution < 1.29 is 29.4 Å². The molecule has 0 saturated carbocycles. The third-order valence-corrected chi connectivity index (χ3v) is 3.15. The van der Waals surface area contributed by atoms with Gasteiger partial charge in [0.15, 0.2) is 0 Å². The Kier molecular flexibility index (Phi) is 7.10. The van der Waals surface area contributed by atoms with Crippen LogP contribution in [0.25, 0.3) is 0 Å². The summed E-state index contributed by atoms with van der Waals surface area (Å²) in [7, 11) is 0. The Balaban J connectivity index is 0.000000240. The number of carboxylic acid groups (broad SMARTS) is 2. The lowest BCUT2D eigenvalue weighted by Crippen LogP contribution is -1.99. The van der Waals surface area contributed by atoms with Crippen LogP contribution < -0.4 is 0 Å². The molecule has 0 aliphatic heterocycles. The molecule has 0 radical (unpaired) electrons. The second-order valence-electron chi connectivity index (χ2n) is 4.31. The summed E-state index contributed by atoms with van der Waals surface area (Å²) in [5.74, 6) is -2.13. The number of carbonyl (C=O) groups is 4. The van der Waals surface area contributed by atoms with Crippen LogP contribution in [-0.2, 0) is 0 Å². The van der Waals surface area contributed by atoms with Crippen molar-refractivity contribution in [2.24, 2.45) is 0 Å². The van der Waals surface area contributed by atoms with Crippen molar-refractivity contribution in [1.29, 1.82) is 0 Å². The molecule has 24 heavy (non-hydrogen) atoms. The van der Waals surface area contributed by atoms with Gasteiger partial charge in [0.25, 0.3) is 10.5 Å². The molecule has 0 amide bonds. The molecule has 8 heteroatoms. The maximum absolute atomic E-state index is 10.6. The predicted octanol–water partition coefficient (Wildman–Crippen LogP) is 3.53. The first kappa shape index (κ1) is 19.3. The molecule has 0 bridgehead atoms. The number of carbonyl (C=O) groups excluding carboxylic acids is 2. The quantitative estimate of drug-likeness (QED) is 0.798. The molecule has 0 atom stereocenters. The smallest absolute Gasteiger partial charge is 0.335 e. The van der Waals surface area contributed by atoms with Gasteiger partial charge >= 0.3 is 11.9 Å². The molecule has 2 N–H and O–H groups in total. The van der Waals surface area contributed by atoms with Gasteiger partial charge in [0.05, 0.1) is 11.1 Å². The number of aromatic carboxylic acids is 2. The first-order chi connectivity index (χ1) is 11.2. The van der Waals surface area contributed by atoms with Crippen molar-refractivity contribution in [1.82, 2.24) is 0 Å². The fraction of sp³-hybridized carbons (Fsp3) is 0. The van der Waals surface area contributed by atoms with E-state index in [1.165, 1.54) is 48.5 Å². The largest absolute Gasteiger partial charge is 0.478 e. The highest BCUT2D eigenvalue weighted by Crippen LogP contribution is 2.08. The zero-order chi connectivity index (χ0) is 18.3. The number of rotatable bonds is 4. The molecule has 0 aliphatic rings. The van der Waals surface area contributed by atoms with Gasteiger partial charge in [-0.2, -0.15) is 0 Å². The number of halogens is 2. The molecule has 0 unspecified atom stereocenters. The Labute approximate surface area is 146 Å². The lowest BCUT2D eigenvalue weighted by atomic mass is 10.1. The van der Waals surface area contributed by atoms with E-state index in [-0.39, 0.29) is 11.1 Å². The lowest BCUT2D eigenvalue weighted by Gasteiger charge is -1.94. The minimum absolute atomic E-state index is 0.0833. The summed E-state index contributed by atoms with van der Waals surface area (Å²) in [6, 6.07) is 10.8. The van der Waals surface area contributed by atoms with Gasteiger partial charge in [-0.05, 0) is 71.7 Å². The normalized spacial score (nSPS) is 9.42. The first-order valence-electron chi connectivity index (χ1n) is 6.28. The minimum Gasteiger partial charge on any atom is -0.478 e. The van der Waals surface area contributed by atoms with Gasteiger partial charge in [-0.15, -0.1) is 0 Å².